The van der Waals surface area contributed by atoms with Crippen LogP contribution >= 0.6 is 23.4 Å². The highest BCUT2D eigenvalue weighted by atomic mass is 35.5. The zero-order chi connectivity index (χ0) is 17.4. The summed E-state index contributed by atoms with van der Waals surface area (Å²) in [5.41, 5.74) is 7.43. The van der Waals surface area contributed by atoms with Gasteiger partial charge in [-0.25, -0.2) is 9.38 Å². The summed E-state index contributed by atoms with van der Waals surface area (Å²) in [6.45, 7) is 1.01. The first-order valence-corrected chi connectivity index (χ1v) is 9.42. The predicted octanol–water partition coefficient (Wildman–Crippen LogP) is 3.83. The summed E-state index contributed by atoms with van der Waals surface area (Å²) in [7, 11) is 0. The molecule has 0 spiro atoms. The number of fused-ring (bicyclic) bond motifs is 1. The van der Waals surface area contributed by atoms with Crippen LogP contribution in [0.25, 0.3) is 11.1 Å². The first-order valence-electron chi connectivity index (χ1n) is 8.05. The standard InChI is InChI=1S/C18H17ClFN3OS/c19-14-5-12(7-22-8-14)11-1-2-16(20)15(6-11)18-10-24-4-3-13(18)9-25-17(21)23-18/h1-2,5-8,13H,3-4,9-10H2,(H2,21,23). The highest BCUT2D eigenvalue weighted by Gasteiger charge is 2.47. The quantitative estimate of drug-likeness (QED) is 0.863. The maximum Gasteiger partial charge on any atom is 0.154 e. The molecule has 2 unspecified atom stereocenters. The number of nitrogens with two attached hydrogens (primary N) is 1. The molecule has 1 aromatic heterocycles. The number of pyridine rings is 1. The Morgan fingerprint density at radius 1 is 1.28 bits per heavy atom. The molecule has 2 atom stereocenters. The fourth-order valence-corrected chi connectivity index (χ4v) is 4.75. The number of ether oxygens (including phenoxy) is 1. The van der Waals surface area contributed by atoms with E-state index in [0.29, 0.717) is 29.0 Å². The van der Waals surface area contributed by atoms with Gasteiger partial charge in [0.2, 0.25) is 0 Å². The van der Waals surface area contributed by atoms with Crippen LogP contribution in [0, 0.1) is 11.7 Å². The van der Waals surface area contributed by atoms with Crippen molar-refractivity contribution < 1.29 is 9.13 Å². The molecule has 2 aliphatic rings. The van der Waals surface area contributed by atoms with Crippen molar-refractivity contribution >= 4 is 28.5 Å². The van der Waals surface area contributed by atoms with Crippen LogP contribution in [0.2, 0.25) is 5.02 Å². The van der Waals surface area contributed by atoms with Gasteiger partial charge in [0.25, 0.3) is 0 Å². The summed E-state index contributed by atoms with van der Waals surface area (Å²) in [6.07, 6.45) is 4.12. The first kappa shape index (κ1) is 16.8. The zero-order valence-corrected chi connectivity index (χ0v) is 15.0. The van der Waals surface area contributed by atoms with E-state index < -0.39 is 5.54 Å². The van der Waals surface area contributed by atoms with Gasteiger partial charge in [0.15, 0.2) is 5.17 Å². The summed E-state index contributed by atoms with van der Waals surface area (Å²) in [4.78, 5) is 8.79. The van der Waals surface area contributed by atoms with E-state index >= 15 is 0 Å². The van der Waals surface area contributed by atoms with Crippen molar-refractivity contribution in [2.45, 2.75) is 12.0 Å². The number of amidine groups is 1. The van der Waals surface area contributed by atoms with Crippen molar-refractivity contribution in [1.82, 2.24) is 4.98 Å². The smallest absolute Gasteiger partial charge is 0.154 e. The second-order valence-corrected chi connectivity index (χ2v) is 7.79. The average Bonchev–Trinajstić information content (AvgIpc) is 2.61. The van der Waals surface area contributed by atoms with Gasteiger partial charge in [0.1, 0.15) is 11.4 Å². The molecule has 0 saturated carbocycles. The summed E-state index contributed by atoms with van der Waals surface area (Å²) in [5.74, 6) is 0.722. The molecule has 25 heavy (non-hydrogen) atoms. The second-order valence-electron chi connectivity index (χ2n) is 6.31. The van der Waals surface area contributed by atoms with E-state index in [0.717, 1.165) is 23.3 Å². The lowest BCUT2D eigenvalue weighted by Crippen LogP contribution is -2.48. The van der Waals surface area contributed by atoms with Crippen molar-refractivity contribution in [1.29, 1.82) is 0 Å². The molecular weight excluding hydrogens is 361 g/mol. The van der Waals surface area contributed by atoms with Crippen LogP contribution in [0.1, 0.15) is 12.0 Å². The van der Waals surface area contributed by atoms with Gasteiger partial charge in [-0.05, 0) is 30.2 Å². The largest absolute Gasteiger partial charge is 0.379 e. The Morgan fingerprint density at radius 3 is 3.00 bits per heavy atom. The molecule has 1 saturated heterocycles. The van der Waals surface area contributed by atoms with Crippen LogP contribution in [-0.2, 0) is 10.3 Å². The summed E-state index contributed by atoms with van der Waals surface area (Å²) in [5, 5.41) is 1.02. The summed E-state index contributed by atoms with van der Waals surface area (Å²) in [6, 6.07) is 6.84. The van der Waals surface area contributed by atoms with Gasteiger partial charge >= 0.3 is 0 Å². The number of thioether (sulfide) groups is 1. The van der Waals surface area contributed by atoms with Crippen molar-refractivity contribution in [2.75, 3.05) is 19.0 Å². The molecule has 0 aliphatic carbocycles. The molecule has 2 N–H and O–H groups in total. The molecule has 3 heterocycles. The monoisotopic (exact) mass is 377 g/mol. The highest BCUT2D eigenvalue weighted by Crippen LogP contribution is 2.46. The second kappa shape index (κ2) is 6.59. The van der Waals surface area contributed by atoms with Gasteiger partial charge in [0.05, 0.1) is 11.6 Å². The van der Waals surface area contributed by atoms with E-state index in [1.807, 2.05) is 12.1 Å². The third-order valence-electron chi connectivity index (χ3n) is 4.82. The zero-order valence-electron chi connectivity index (χ0n) is 13.4. The Morgan fingerprint density at radius 2 is 2.16 bits per heavy atom. The molecule has 2 aromatic rings. The molecule has 0 amide bonds. The maximum absolute atomic E-state index is 14.8. The fourth-order valence-electron chi connectivity index (χ4n) is 3.53. The van der Waals surface area contributed by atoms with Crippen LogP contribution in [0.4, 0.5) is 4.39 Å². The molecule has 4 rings (SSSR count). The number of rotatable bonds is 2. The molecule has 0 radical (unpaired) electrons. The third-order valence-corrected chi connectivity index (χ3v) is 5.98. The summed E-state index contributed by atoms with van der Waals surface area (Å²) >= 11 is 7.57. The Labute approximate surface area is 154 Å². The summed E-state index contributed by atoms with van der Waals surface area (Å²) < 4.78 is 20.5. The number of aliphatic imine (C=N–C) groups is 1. The van der Waals surface area contributed by atoms with E-state index in [2.05, 4.69) is 9.98 Å². The molecule has 130 valence electrons. The van der Waals surface area contributed by atoms with E-state index in [-0.39, 0.29) is 11.7 Å². The predicted molar refractivity (Wildman–Crippen MR) is 99.3 cm³/mol. The third kappa shape index (κ3) is 3.03. The van der Waals surface area contributed by atoms with Crippen molar-refractivity contribution in [3.05, 3.63) is 53.1 Å². The molecular formula is C18H17ClFN3OS. The molecule has 1 aromatic carbocycles. The van der Waals surface area contributed by atoms with Gasteiger partial charge < -0.3 is 10.5 Å². The minimum atomic E-state index is -0.764. The maximum atomic E-state index is 14.8. The Balaban J connectivity index is 1.86. The van der Waals surface area contributed by atoms with Gasteiger partial charge in [-0.15, -0.1) is 0 Å². The van der Waals surface area contributed by atoms with Crippen LogP contribution in [0.15, 0.2) is 41.7 Å². The van der Waals surface area contributed by atoms with Gasteiger partial charge in [-0.3, -0.25) is 4.98 Å². The van der Waals surface area contributed by atoms with Gasteiger partial charge in [-0.2, -0.15) is 0 Å². The lowest BCUT2D eigenvalue weighted by atomic mass is 9.76. The topological polar surface area (TPSA) is 60.5 Å². The SMILES string of the molecule is NC1=NC2(c3cc(-c4cncc(Cl)c4)ccc3F)COCCC2CS1. The lowest BCUT2D eigenvalue weighted by molar-refractivity contribution is 0.00303. The number of hydrogen-bond donors (Lipinski definition) is 1. The van der Waals surface area contributed by atoms with Crippen molar-refractivity contribution in [3.63, 3.8) is 0 Å². The number of hydrogen-bond acceptors (Lipinski definition) is 5. The van der Waals surface area contributed by atoms with Crippen LogP contribution in [-0.4, -0.2) is 29.1 Å². The molecule has 7 heteroatoms. The van der Waals surface area contributed by atoms with E-state index in [1.54, 1.807) is 18.5 Å². The van der Waals surface area contributed by atoms with E-state index in [9.17, 15) is 4.39 Å². The van der Waals surface area contributed by atoms with Crippen LogP contribution < -0.4 is 5.73 Å². The number of aromatic nitrogens is 1. The Hall–Kier alpha value is -1.63. The van der Waals surface area contributed by atoms with Crippen LogP contribution in [0.5, 0.6) is 0 Å². The first-order chi connectivity index (χ1) is 12.1. The highest BCUT2D eigenvalue weighted by molar-refractivity contribution is 8.13. The molecule has 0 bridgehead atoms. The van der Waals surface area contributed by atoms with Crippen molar-refractivity contribution in [2.24, 2.45) is 16.6 Å². The fraction of sp³-hybridized carbons (Fsp3) is 0.333. The average molecular weight is 378 g/mol. The Bertz CT molecular complexity index is 847. The lowest BCUT2D eigenvalue weighted by Gasteiger charge is -2.43. The minimum Gasteiger partial charge on any atom is -0.379 e. The number of nitrogens with zero attached hydrogens (tertiary/aromatic N) is 2. The molecule has 2 aliphatic heterocycles. The van der Waals surface area contributed by atoms with Gasteiger partial charge in [0, 0.05) is 41.8 Å². The van der Waals surface area contributed by atoms with E-state index in [1.165, 1.54) is 17.8 Å². The van der Waals surface area contributed by atoms with Gasteiger partial charge in [-0.1, -0.05) is 29.4 Å². The Kier molecular flexibility index (Phi) is 4.43. The minimum absolute atomic E-state index is 0.195. The molecule has 1 fully saturated rings. The normalized spacial score (nSPS) is 26.0. The number of halogens is 2. The number of benzene rings is 1. The molecule has 4 nitrogen and oxygen atoms in total. The van der Waals surface area contributed by atoms with Crippen molar-refractivity contribution in [3.8, 4) is 11.1 Å². The van der Waals surface area contributed by atoms with E-state index in [4.69, 9.17) is 22.1 Å². The van der Waals surface area contributed by atoms with Crippen LogP contribution in [0.3, 0.4) is 0 Å².